The average Bonchev–Trinajstić information content (AvgIpc) is 2.62. The van der Waals surface area contributed by atoms with Crippen molar-refractivity contribution in [1.82, 2.24) is 0 Å². The van der Waals surface area contributed by atoms with Crippen molar-refractivity contribution in [2.45, 2.75) is 24.5 Å². The standard InChI is InChI=1S/C20H21NO2S/c1-3-23-19-17(14(2)22)18(15-10-6-4-7-11-15)24-20(21-19)16-12-8-5-9-13-16/h4-13,17-18,20H,3H2,1-2H3/t17-,18-,20+/m0/s1. The zero-order valence-electron chi connectivity index (χ0n) is 13.9. The van der Waals surface area contributed by atoms with Gasteiger partial charge in [0.2, 0.25) is 0 Å². The van der Waals surface area contributed by atoms with Crippen LogP contribution in [0.25, 0.3) is 0 Å². The van der Waals surface area contributed by atoms with Crippen molar-refractivity contribution in [1.29, 1.82) is 0 Å². The molecule has 0 saturated heterocycles. The molecule has 1 aliphatic heterocycles. The molecular formula is C20H21NO2S. The van der Waals surface area contributed by atoms with Crippen LogP contribution in [0.1, 0.15) is 35.6 Å². The maximum absolute atomic E-state index is 12.3. The summed E-state index contributed by atoms with van der Waals surface area (Å²) in [6, 6.07) is 20.3. The minimum Gasteiger partial charge on any atom is -0.481 e. The summed E-state index contributed by atoms with van der Waals surface area (Å²) in [5.74, 6) is 0.318. The summed E-state index contributed by atoms with van der Waals surface area (Å²) in [7, 11) is 0. The highest BCUT2D eigenvalue weighted by Crippen LogP contribution is 2.49. The van der Waals surface area contributed by atoms with Crippen LogP contribution in [0.4, 0.5) is 0 Å². The van der Waals surface area contributed by atoms with Gasteiger partial charge in [0.25, 0.3) is 0 Å². The van der Waals surface area contributed by atoms with Gasteiger partial charge in [0.05, 0.1) is 11.9 Å². The number of Topliss-reactive ketones (excluding diaryl/α,β-unsaturated/α-hetero) is 1. The van der Waals surface area contributed by atoms with Crippen LogP contribution in [0, 0.1) is 5.92 Å². The third-order valence-electron chi connectivity index (χ3n) is 4.03. The van der Waals surface area contributed by atoms with Gasteiger partial charge in [-0.2, -0.15) is 0 Å². The lowest BCUT2D eigenvalue weighted by atomic mass is 9.94. The third-order valence-corrected chi connectivity index (χ3v) is 5.50. The highest BCUT2D eigenvalue weighted by atomic mass is 32.2. The molecule has 124 valence electrons. The topological polar surface area (TPSA) is 38.7 Å². The number of hydrogen-bond acceptors (Lipinski definition) is 4. The molecule has 0 saturated carbocycles. The van der Waals surface area contributed by atoms with E-state index in [4.69, 9.17) is 9.73 Å². The molecule has 0 spiro atoms. The monoisotopic (exact) mass is 339 g/mol. The fourth-order valence-electron chi connectivity index (χ4n) is 2.92. The second-order valence-corrected chi connectivity index (χ2v) is 6.95. The Bertz CT molecular complexity index is 715. The van der Waals surface area contributed by atoms with E-state index in [1.165, 1.54) is 0 Å². The molecule has 2 aromatic rings. The van der Waals surface area contributed by atoms with E-state index >= 15 is 0 Å². The molecule has 0 fully saturated rings. The number of rotatable bonds is 4. The number of ketones is 1. The Kier molecular flexibility index (Phi) is 5.36. The molecule has 24 heavy (non-hydrogen) atoms. The quantitative estimate of drug-likeness (QED) is 0.802. The van der Waals surface area contributed by atoms with E-state index in [1.807, 2.05) is 43.3 Å². The Morgan fingerprint density at radius 2 is 1.62 bits per heavy atom. The predicted molar refractivity (Wildman–Crippen MR) is 99.2 cm³/mol. The lowest BCUT2D eigenvalue weighted by Crippen LogP contribution is -2.33. The van der Waals surface area contributed by atoms with Crippen LogP contribution in [0.2, 0.25) is 0 Å². The number of nitrogens with zero attached hydrogens (tertiary/aromatic N) is 1. The van der Waals surface area contributed by atoms with Gasteiger partial charge in [-0.1, -0.05) is 60.7 Å². The normalized spacial score (nSPS) is 23.4. The van der Waals surface area contributed by atoms with Crippen LogP contribution in [-0.2, 0) is 9.53 Å². The third kappa shape index (κ3) is 3.54. The Balaban J connectivity index is 2.04. The molecule has 4 heteroatoms. The van der Waals surface area contributed by atoms with Crippen LogP contribution in [0.15, 0.2) is 65.7 Å². The van der Waals surface area contributed by atoms with Crippen LogP contribution >= 0.6 is 11.8 Å². The molecule has 0 radical (unpaired) electrons. The van der Waals surface area contributed by atoms with Gasteiger partial charge in [-0.3, -0.25) is 4.79 Å². The van der Waals surface area contributed by atoms with E-state index in [0.29, 0.717) is 12.5 Å². The minimum absolute atomic E-state index is 0.00737. The highest BCUT2D eigenvalue weighted by Gasteiger charge is 2.39. The number of aliphatic imine (C=N–C) groups is 1. The van der Waals surface area contributed by atoms with Crippen molar-refractivity contribution in [2.75, 3.05) is 6.61 Å². The first-order valence-corrected chi connectivity index (χ1v) is 9.11. The van der Waals surface area contributed by atoms with Gasteiger partial charge in [0, 0.05) is 0 Å². The molecule has 3 nitrogen and oxygen atoms in total. The van der Waals surface area contributed by atoms with Gasteiger partial charge >= 0.3 is 0 Å². The summed E-state index contributed by atoms with van der Waals surface area (Å²) in [5, 5.41) is -0.0542. The van der Waals surface area contributed by atoms with Crippen LogP contribution in [-0.4, -0.2) is 18.3 Å². The van der Waals surface area contributed by atoms with Gasteiger partial charge < -0.3 is 4.74 Å². The van der Waals surface area contributed by atoms with Gasteiger partial charge in [0.1, 0.15) is 17.1 Å². The van der Waals surface area contributed by atoms with Crippen molar-refractivity contribution in [2.24, 2.45) is 10.9 Å². The summed E-state index contributed by atoms with van der Waals surface area (Å²) in [6.45, 7) is 4.06. The zero-order chi connectivity index (χ0) is 16.9. The lowest BCUT2D eigenvalue weighted by molar-refractivity contribution is -0.119. The smallest absolute Gasteiger partial charge is 0.196 e. The second-order valence-electron chi connectivity index (χ2n) is 5.72. The Morgan fingerprint density at radius 3 is 2.17 bits per heavy atom. The number of thioether (sulfide) groups is 1. The molecule has 0 aromatic heterocycles. The zero-order valence-corrected chi connectivity index (χ0v) is 14.7. The van der Waals surface area contributed by atoms with Crippen LogP contribution in [0.3, 0.4) is 0 Å². The van der Waals surface area contributed by atoms with Crippen molar-refractivity contribution < 1.29 is 9.53 Å². The van der Waals surface area contributed by atoms with E-state index in [0.717, 1.165) is 11.1 Å². The summed E-state index contributed by atoms with van der Waals surface area (Å²) < 4.78 is 5.78. The summed E-state index contributed by atoms with van der Waals surface area (Å²) in [6.07, 6.45) is 0. The molecule has 0 N–H and O–H groups in total. The predicted octanol–water partition coefficient (Wildman–Crippen LogP) is 4.81. The first-order valence-electron chi connectivity index (χ1n) is 8.17. The molecule has 0 bridgehead atoms. The summed E-state index contributed by atoms with van der Waals surface area (Å²) in [5.41, 5.74) is 2.26. The highest BCUT2D eigenvalue weighted by molar-refractivity contribution is 7.99. The van der Waals surface area contributed by atoms with Crippen molar-refractivity contribution >= 4 is 23.4 Å². The lowest BCUT2D eigenvalue weighted by Gasteiger charge is -2.33. The van der Waals surface area contributed by atoms with Gasteiger partial charge in [-0.05, 0) is 25.0 Å². The molecule has 0 aliphatic carbocycles. The van der Waals surface area contributed by atoms with Gasteiger partial charge in [0.15, 0.2) is 5.90 Å². The number of carbonyl (C=O) groups is 1. The number of benzene rings is 2. The van der Waals surface area contributed by atoms with Crippen molar-refractivity contribution in [3.8, 4) is 0 Å². The Labute approximate surface area is 147 Å². The fourth-order valence-corrected chi connectivity index (χ4v) is 4.46. The van der Waals surface area contributed by atoms with E-state index in [9.17, 15) is 4.79 Å². The van der Waals surface area contributed by atoms with Crippen LogP contribution < -0.4 is 0 Å². The maximum atomic E-state index is 12.3. The van der Waals surface area contributed by atoms with E-state index in [2.05, 4.69) is 24.3 Å². The molecular weight excluding hydrogens is 318 g/mol. The molecule has 2 aromatic carbocycles. The summed E-state index contributed by atoms with van der Waals surface area (Å²) >= 11 is 1.72. The first-order chi connectivity index (χ1) is 11.7. The number of ether oxygens (including phenoxy) is 1. The molecule has 0 unspecified atom stereocenters. The first kappa shape index (κ1) is 16.8. The van der Waals surface area contributed by atoms with Gasteiger partial charge in [-0.15, -0.1) is 11.8 Å². The number of carbonyl (C=O) groups excluding carboxylic acids is 1. The molecule has 1 aliphatic rings. The molecule has 3 atom stereocenters. The Hall–Kier alpha value is -2.07. The molecule has 1 heterocycles. The minimum atomic E-state index is -0.336. The average molecular weight is 339 g/mol. The van der Waals surface area contributed by atoms with E-state index in [1.54, 1.807) is 18.7 Å². The maximum Gasteiger partial charge on any atom is 0.196 e. The van der Waals surface area contributed by atoms with Gasteiger partial charge in [-0.25, -0.2) is 4.99 Å². The summed E-state index contributed by atoms with van der Waals surface area (Å²) in [4.78, 5) is 17.1. The molecule has 3 rings (SSSR count). The van der Waals surface area contributed by atoms with Crippen LogP contribution in [0.5, 0.6) is 0 Å². The molecule has 0 amide bonds. The largest absolute Gasteiger partial charge is 0.481 e. The fraction of sp³-hybridized carbons (Fsp3) is 0.300. The van der Waals surface area contributed by atoms with E-state index in [-0.39, 0.29) is 22.3 Å². The van der Waals surface area contributed by atoms with Crippen molar-refractivity contribution in [3.63, 3.8) is 0 Å². The second kappa shape index (κ2) is 7.67. The SMILES string of the molecule is CCOC1=N[C@@H](c2ccccc2)S[C@@H](c2ccccc2)[C@@H]1C(C)=O. The number of hydrogen-bond donors (Lipinski definition) is 0. The van der Waals surface area contributed by atoms with E-state index < -0.39 is 0 Å². The van der Waals surface area contributed by atoms with Crippen molar-refractivity contribution in [3.05, 3.63) is 71.8 Å². The Morgan fingerprint density at radius 1 is 1.04 bits per heavy atom.